The van der Waals surface area contributed by atoms with Crippen molar-refractivity contribution in [2.24, 2.45) is 0 Å². The molecule has 1 aliphatic rings. The Morgan fingerprint density at radius 3 is 2.83 bits per heavy atom. The van der Waals surface area contributed by atoms with Gasteiger partial charge in [0.15, 0.2) is 5.69 Å². The predicted molar refractivity (Wildman–Crippen MR) is 86.6 cm³/mol. The number of nitrogens with zero attached hydrogens (tertiary/aromatic N) is 1. The second-order valence-electron chi connectivity index (χ2n) is 5.92. The molecule has 1 aliphatic carbocycles. The fourth-order valence-electron chi connectivity index (χ4n) is 3.41. The Bertz CT molecular complexity index is 1010. The number of ketones is 2. The SMILES string of the molecule is [C-]#[N+]c1ccc2c(ccc3occ(C4CCC(=O)CC4=O)c32)c1. The van der Waals surface area contributed by atoms with Gasteiger partial charge in [-0.15, -0.1) is 0 Å². The highest BCUT2D eigenvalue weighted by Gasteiger charge is 2.31. The number of benzene rings is 2. The molecule has 3 aromatic rings. The maximum absolute atomic E-state index is 12.3. The van der Waals surface area contributed by atoms with Crippen molar-refractivity contribution in [2.45, 2.75) is 25.2 Å². The highest BCUT2D eigenvalue weighted by molar-refractivity contribution is 6.12. The van der Waals surface area contributed by atoms with Crippen LogP contribution in [0.1, 0.15) is 30.7 Å². The van der Waals surface area contributed by atoms with Crippen LogP contribution in [0.2, 0.25) is 0 Å². The van der Waals surface area contributed by atoms with Crippen LogP contribution < -0.4 is 0 Å². The molecule has 1 heterocycles. The zero-order valence-corrected chi connectivity index (χ0v) is 12.3. The molecule has 4 heteroatoms. The molecule has 0 aliphatic heterocycles. The lowest BCUT2D eigenvalue weighted by molar-refractivity contribution is -0.130. The van der Waals surface area contributed by atoms with Crippen molar-refractivity contribution >= 4 is 39.0 Å². The minimum absolute atomic E-state index is 0.0178. The molecule has 4 rings (SSSR count). The van der Waals surface area contributed by atoms with E-state index in [2.05, 4.69) is 4.85 Å². The number of fused-ring (bicyclic) bond motifs is 3. The number of furan rings is 1. The molecule has 0 bridgehead atoms. The molecule has 23 heavy (non-hydrogen) atoms. The third-order valence-corrected chi connectivity index (χ3v) is 4.54. The molecule has 1 saturated carbocycles. The Morgan fingerprint density at radius 2 is 2.04 bits per heavy atom. The lowest BCUT2D eigenvalue weighted by atomic mass is 9.81. The third kappa shape index (κ3) is 2.13. The van der Waals surface area contributed by atoms with Crippen molar-refractivity contribution in [1.82, 2.24) is 0 Å². The van der Waals surface area contributed by atoms with Crippen molar-refractivity contribution in [3.8, 4) is 0 Å². The molecule has 1 fully saturated rings. The van der Waals surface area contributed by atoms with Gasteiger partial charge in [-0.2, -0.15) is 0 Å². The fourth-order valence-corrected chi connectivity index (χ4v) is 3.41. The van der Waals surface area contributed by atoms with Gasteiger partial charge in [0.05, 0.1) is 19.3 Å². The minimum atomic E-state index is -0.278. The van der Waals surface area contributed by atoms with Crippen LogP contribution in [0.5, 0.6) is 0 Å². The first-order valence-electron chi connectivity index (χ1n) is 7.53. The smallest absolute Gasteiger partial charge is 0.187 e. The lowest BCUT2D eigenvalue weighted by Gasteiger charge is -2.19. The molecule has 0 spiro atoms. The van der Waals surface area contributed by atoms with Crippen molar-refractivity contribution in [2.75, 3.05) is 0 Å². The number of carbonyl (C=O) groups excluding carboxylic acids is 2. The second-order valence-corrected chi connectivity index (χ2v) is 5.92. The molecule has 1 aromatic heterocycles. The van der Waals surface area contributed by atoms with E-state index in [0.717, 1.165) is 27.3 Å². The molecule has 112 valence electrons. The molecule has 0 amide bonds. The fraction of sp³-hybridized carbons (Fsp3) is 0.211. The molecule has 0 saturated heterocycles. The maximum Gasteiger partial charge on any atom is 0.187 e. The number of hydrogen-bond acceptors (Lipinski definition) is 3. The van der Waals surface area contributed by atoms with Crippen molar-refractivity contribution in [3.63, 3.8) is 0 Å². The van der Waals surface area contributed by atoms with Gasteiger partial charge >= 0.3 is 0 Å². The Labute approximate surface area is 132 Å². The normalized spacial score (nSPS) is 18.5. The van der Waals surface area contributed by atoms with Crippen LogP contribution in [0.4, 0.5) is 5.69 Å². The quantitative estimate of drug-likeness (QED) is 0.490. The molecular weight excluding hydrogens is 290 g/mol. The topological polar surface area (TPSA) is 51.6 Å². The van der Waals surface area contributed by atoms with Crippen molar-refractivity contribution in [3.05, 3.63) is 53.6 Å². The average molecular weight is 303 g/mol. The summed E-state index contributed by atoms with van der Waals surface area (Å²) in [5, 5.41) is 2.85. The van der Waals surface area contributed by atoms with Crippen LogP contribution >= 0.6 is 0 Å². The van der Waals surface area contributed by atoms with Crippen LogP contribution in [0.3, 0.4) is 0 Å². The van der Waals surface area contributed by atoms with Gasteiger partial charge in [0.2, 0.25) is 0 Å². The summed E-state index contributed by atoms with van der Waals surface area (Å²) in [5.74, 6) is -0.288. The first kappa shape index (κ1) is 13.7. The molecule has 0 N–H and O–H groups in total. The van der Waals surface area contributed by atoms with E-state index in [1.807, 2.05) is 24.3 Å². The Kier molecular flexibility index (Phi) is 3.02. The lowest BCUT2D eigenvalue weighted by Crippen LogP contribution is -2.22. The van der Waals surface area contributed by atoms with E-state index in [1.54, 1.807) is 12.3 Å². The van der Waals surface area contributed by atoms with E-state index in [0.29, 0.717) is 18.5 Å². The summed E-state index contributed by atoms with van der Waals surface area (Å²) in [6, 6.07) is 9.31. The molecule has 1 atom stereocenters. The summed E-state index contributed by atoms with van der Waals surface area (Å²) in [6.07, 6.45) is 2.65. The van der Waals surface area contributed by atoms with Crippen LogP contribution in [0, 0.1) is 6.57 Å². The Balaban J connectivity index is 1.94. The number of carbonyl (C=O) groups is 2. The van der Waals surface area contributed by atoms with Gasteiger partial charge in [-0.05, 0) is 29.3 Å². The second kappa shape index (κ2) is 5.06. The third-order valence-electron chi connectivity index (χ3n) is 4.54. The number of hydrogen-bond donors (Lipinski definition) is 0. The Hall–Kier alpha value is -2.93. The summed E-state index contributed by atoms with van der Waals surface area (Å²) in [4.78, 5) is 27.2. The maximum atomic E-state index is 12.3. The summed E-state index contributed by atoms with van der Waals surface area (Å²) in [5.41, 5.74) is 2.17. The summed E-state index contributed by atoms with van der Waals surface area (Å²) in [7, 11) is 0. The first-order valence-corrected chi connectivity index (χ1v) is 7.53. The van der Waals surface area contributed by atoms with Gasteiger partial charge in [0.1, 0.15) is 17.1 Å². The number of rotatable bonds is 1. The van der Waals surface area contributed by atoms with Gasteiger partial charge in [-0.25, -0.2) is 4.85 Å². The largest absolute Gasteiger partial charge is 0.464 e. The van der Waals surface area contributed by atoms with E-state index in [9.17, 15) is 9.59 Å². The van der Waals surface area contributed by atoms with E-state index >= 15 is 0 Å². The molecule has 0 radical (unpaired) electrons. The van der Waals surface area contributed by atoms with Crippen LogP contribution in [0.15, 0.2) is 41.0 Å². The highest BCUT2D eigenvalue weighted by Crippen LogP contribution is 2.38. The van der Waals surface area contributed by atoms with Gasteiger partial charge < -0.3 is 4.42 Å². The van der Waals surface area contributed by atoms with Gasteiger partial charge in [-0.1, -0.05) is 18.2 Å². The van der Waals surface area contributed by atoms with E-state index in [4.69, 9.17) is 11.0 Å². The van der Waals surface area contributed by atoms with E-state index < -0.39 is 0 Å². The first-order chi connectivity index (χ1) is 11.2. The van der Waals surface area contributed by atoms with Crippen molar-refractivity contribution < 1.29 is 14.0 Å². The molecular formula is C19H13NO3. The van der Waals surface area contributed by atoms with E-state index in [1.165, 1.54) is 0 Å². The average Bonchev–Trinajstić information content (AvgIpc) is 2.98. The summed E-state index contributed by atoms with van der Waals surface area (Å²) < 4.78 is 5.64. The molecule has 1 unspecified atom stereocenters. The van der Waals surface area contributed by atoms with Crippen LogP contribution in [-0.4, -0.2) is 11.6 Å². The molecule has 4 nitrogen and oxygen atoms in total. The highest BCUT2D eigenvalue weighted by atomic mass is 16.3. The number of Topliss-reactive ketones (excluding diaryl/α,β-unsaturated/α-hetero) is 2. The molecule has 2 aromatic carbocycles. The van der Waals surface area contributed by atoms with Gasteiger partial charge in [0.25, 0.3) is 0 Å². The standard InChI is InChI=1S/C19H13NO3/c1-20-12-3-5-14-11(8-12)2-7-18-19(14)16(10-23-18)15-6-4-13(21)9-17(15)22/h2-3,5,7-8,10,15H,4,6,9H2. The zero-order chi connectivity index (χ0) is 16.0. The van der Waals surface area contributed by atoms with Crippen LogP contribution in [0.25, 0.3) is 26.6 Å². The zero-order valence-electron chi connectivity index (χ0n) is 12.3. The van der Waals surface area contributed by atoms with Crippen LogP contribution in [-0.2, 0) is 9.59 Å². The van der Waals surface area contributed by atoms with Gasteiger partial charge in [0, 0.05) is 23.3 Å². The predicted octanol–water partition coefficient (Wildman–Crippen LogP) is 4.54. The summed E-state index contributed by atoms with van der Waals surface area (Å²) >= 11 is 0. The summed E-state index contributed by atoms with van der Waals surface area (Å²) in [6.45, 7) is 7.13. The van der Waals surface area contributed by atoms with Crippen molar-refractivity contribution in [1.29, 1.82) is 0 Å². The minimum Gasteiger partial charge on any atom is -0.464 e. The van der Waals surface area contributed by atoms with Gasteiger partial charge in [-0.3, -0.25) is 9.59 Å². The van der Waals surface area contributed by atoms with E-state index in [-0.39, 0.29) is 23.9 Å². The Morgan fingerprint density at radius 1 is 1.17 bits per heavy atom. The monoisotopic (exact) mass is 303 g/mol.